The van der Waals surface area contributed by atoms with E-state index < -0.39 is 0 Å². The summed E-state index contributed by atoms with van der Waals surface area (Å²) in [5, 5.41) is 6.57. The highest BCUT2D eigenvalue weighted by atomic mass is 16.5. The Balaban J connectivity index is 1.56. The van der Waals surface area contributed by atoms with Gasteiger partial charge in [-0.15, -0.1) is 0 Å². The van der Waals surface area contributed by atoms with E-state index in [1.54, 1.807) is 7.11 Å². The smallest absolute Gasteiger partial charge is 0.365 e. The van der Waals surface area contributed by atoms with Crippen molar-refractivity contribution < 1.29 is 18.9 Å². The van der Waals surface area contributed by atoms with Crippen molar-refractivity contribution in [1.82, 2.24) is 10.3 Å². The van der Waals surface area contributed by atoms with Crippen LogP contribution in [0.2, 0.25) is 0 Å². The molecule has 3 aromatic rings. The van der Waals surface area contributed by atoms with Crippen LogP contribution in [-0.4, -0.2) is 23.8 Å². The zero-order valence-corrected chi connectivity index (χ0v) is 17.7. The highest BCUT2D eigenvalue weighted by Gasteiger charge is 2.45. The number of nitrogens with zero attached hydrogens (tertiary/aromatic N) is 1. The molecule has 0 spiro atoms. The van der Waals surface area contributed by atoms with Crippen molar-refractivity contribution in [2.24, 2.45) is 11.3 Å². The molecule has 0 saturated carbocycles. The number of allylic oxidation sites excluding steroid dienone is 1. The number of rotatable bonds is 3. The van der Waals surface area contributed by atoms with Crippen LogP contribution in [-0.2, 0) is 4.79 Å². The predicted molar refractivity (Wildman–Crippen MR) is 117 cm³/mol. The van der Waals surface area contributed by atoms with Gasteiger partial charge in [0, 0.05) is 6.42 Å². The Kier molecular flexibility index (Phi) is 4.54. The molecule has 2 aliphatic rings. The van der Waals surface area contributed by atoms with E-state index in [0.717, 1.165) is 22.5 Å². The summed E-state index contributed by atoms with van der Waals surface area (Å²) in [6.45, 7) is 4.15. The van der Waals surface area contributed by atoms with Crippen LogP contribution in [0.5, 0.6) is 5.75 Å². The van der Waals surface area contributed by atoms with Gasteiger partial charge < -0.3 is 9.15 Å². The van der Waals surface area contributed by atoms with Crippen LogP contribution in [0.25, 0.3) is 11.1 Å². The minimum Gasteiger partial charge on any atom is -0.497 e. The fraction of sp³-hybridized carbons (Fsp3) is 0.292. The van der Waals surface area contributed by atoms with E-state index in [-0.39, 0.29) is 23.2 Å². The number of hydrogen-bond acceptors (Lipinski definition) is 6. The molecule has 1 aromatic heterocycles. The molecule has 1 aliphatic heterocycles. The van der Waals surface area contributed by atoms with Gasteiger partial charge in [-0.2, -0.15) is 10.3 Å². The number of oxazole rings is 1. The predicted octanol–water partition coefficient (Wildman–Crippen LogP) is 2.53. The van der Waals surface area contributed by atoms with Gasteiger partial charge in [0.25, 0.3) is 0 Å². The first kappa shape index (κ1) is 19.4. The number of carbonyl (C=O) groups is 1. The van der Waals surface area contributed by atoms with Crippen LogP contribution in [0, 0.1) is 11.3 Å². The van der Waals surface area contributed by atoms with Crippen molar-refractivity contribution >= 4 is 28.9 Å². The lowest BCUT2D eigenvalue weighted by molar-refractivity contribution is -0.522. The molecule has 5 rings (SSSR count). The Bertz CT molecular complexity index is 1190. The first-order chi connectivity index (χ1) is 14.9. The second-order valence-electron chi connectivity index (χ2n) is 8.72. The second kappa shape index (κ2) is 7.27. The quantitative estimate of drug-likeness (QED) is 0.607. The third kappa shape index (κ3) is 3.67. The van der Waals surface area contributed by atoms with Crippen LogP contribution in [0.1, 0.15) is 31.9 Å². The van der Waals surface area contributed by atoms with Gasteiger partial charge in [0.15, 0.2) is 5.58 Å². The largest absolute Gasteiger partial charge is 0.497 e. The number of methoxy groups -OCH3 is 1. The molecule has 1 aliphatic carbocycles. The molecule has 7 heteroatoms. The molecule has 0 unspecified atom stereocenters. The summed E-state index contributed by atoms with van der Waals surface area (Å²) < 4.78 is 11.2. The van der Waals surface area contributed by atoms with Gasteiger partial charge in [0.1, 0.15) is 29.0 Å². The summed E-state index contributed by atoms with van der Waals surface area (Å²) in [4.78, 5) is 21.1. The monoisotopic (exact) mass is 417 g/mol. The van der Waals surface area contributed by atoms with Crippen molar-refractivity contribution in [3.8, 4) is 5.75 Å². The number of aromatic nitrogens is 1. The van der Waals surface area contributed by atoms with Crippen LogP contribution < -0.4 is 20.4 Å². The Hall–Kier alpha value is -3.61. The Morgan fingerprint density at radius 2 is 2.06 bits per heavy atom. The molecule has 31 heavy (non-hydrogen) atoms. The number of anilines is 1. The van der Waals surface area contributed by atoms with E-state index in [2.05, 4.69) is 40.5 Å². The van der Waals surface area contributed by atoms with Gasteiger partial charge in [-0.25, -0.2) is 5.32 Å². The van der Waals surface area contributed by atoms with Gasteiger partial charge in [-0.3, -0.25) is 9.79 Å². The highest BCUT2D eigenvalue weighted by molar-refractivity contribution is 5.94. The minimum absolute atomic E-state index is 0.205. The average molecular weight is 417 g/mol. The molecule has 2 atom stereocenters. The molecule has 0 saturated heterocycles. The first-order valence-electron chi connectivity index (χ1n) is 10.3. The standard InChI is InChI=1S/C24H24N4O3/c1-24(2)12-17-20(18(29)13-24)21(14-7-6-8-15(11-14)30-3)27-22(25-17)28-23-26-16-9-4-5-10-19(16)31-23/h4-12,20-21H,13H2,1-3H3,(H2,25,26,27,28)/p+1/t20-,21-/m0/s1. The molecule has 0 amide bonds. The summed E-state index contributed by atoms with van der Waals surface area (Å²) in [5.74, 6) is 1.26. The molecule has 158 valence electrons. The number of nitrogens with one attached hydrogen (secondary N) is 3. The van der Waals surface area contributed by atoms with Crippen molar-refractivity contribution in [2.45, 2.75) is 26.3 Å². The number of ether oxygens (including phenoxy) is 1. The van der Waals surface area contributed by atoms with Gasteiger partial charge in [0.2, 0.25) is 0 Å². The molecule has 0 bridgehead atoms. The third-order valence-corrected chi connectivity index (χ3v) is 5.74. The lowest BCUT2D eigenvalue weighted by atomic mass is 9.72. The topological polar surface area (TPSA) is 90.4 Å². The zero-order valence-electron chi connectivity index (χ0n) is 17.7. The van der Waals surface area contributed by atoms with E-state index in [1.807, 2.05) is 48.5 Å². The van der Waals surface area contributed by atoms with Gasteiger partial charge in [-0.05, 0) is 41.3 Å². The number of fused-ring (bicyclic) bond motifs is 2. The molecular formula is C24H25N4O3+. The van der Waals surface area contributed by atoms with Crippen molar-refractivity contribution in [3.05, 3.63) is 65.9 Å². The van der Waals surface area contributed by atoms with Gasteiger partial charge >= 0.3 is 12.0 Å². The number of guanidine groups is 1. The number of para-hydroxylation sites is 2. The first-order valence-corrected chi connectivity index (χ1v) is 10.3. The molecule has 7 nitrogen and oxygen atoms in total. The zero-order chi connectivity index (χ0) is 21.6. The highest BCUT2D eigenvalue weighted by Crippen LogP contribution is 2.39. The van der Waals surface area contributed by atoms with Crippen molar-refractivity contribution in [3.63, 3.8) is 0 Å². The van der Waals surface area contributed by atoms with Crippen molar-refractivity contribution in [2.75, 3.05) is 12.4 Å². The van der Waals surface area contributed by atoms with Crippen LogP contribution in [0.4, 0.5) is 6.01 Å². The lowest BCUT2D eigenvalue weighted by Crippen LogP contribution is -2.84. The van der Waals surface area contributed by atoms with Crippen LogP contribution in [0.3, 0.4) is 0 Å². The second-order valence-corrected chi connectivity index (χ2v) is 8.72. The Labute approximate surface area is 180 Å². The van der Waals surface area contributed by atoms with E-state index in [4.69, 9.17) is 9.15 Å². The average Bonchev–Trinajstić information content (AvgIpc) is 3.14. The number of Topliss-reactive ketones (excluding diaryl/α,β-unsaturated/α-hetero) is 1. The van der Waals surface area contributed by atoms with E-state index >= 15 is 0 Å². The fourth-order valence-corrected chi connectivity index (χ4v) is 4.40. The van der Waals surface area contributed by atoms with Gasteiger partial charge in [-0.1, -0.05) is 38.1 Å². The number of benzene rings is 2. The molecule has 0 fully saturated rings. The Morgan fingerprint density at radius 3 is 2.87 bits per heavy atom. The molecule has 0 radical (unpaired) electrons. The summed E-state index contributed by atoms with van der Waals surface area (Å²) in [5.41, 5.74) is 3.12. The maximum absolute atomic E-state index is 13.2. The summed E-state index contributed by atoms with van der Waals surface area (Å²) >= 11 is 0. The van der Waals surface area contributed by atoms with E-state index in [9.17, 15) is 4.79 Å². The van der Waals surface area contributed by atoms with E-state index in [1.165, 1.54) is 0 Å². The number of carbonyl (C=O) groups excluding carboxylic acids is 1. The fourth-order valence-electron chi connectivity index (χ4n) is 4.40. The SMILES string of the molecule is COc1cccc([C@@H]2[NH+]=C(Nc3nc4ccccc4o3)NC3=CC(C)(C)CC(=O)[C@H]32)c1. The minimum atomic E-state index is -0.311. The molecule has 2 heterocycles. The number of hydrogen-bond donors (Lipinski definition) is 3. The third-order valence-electron chi connectivity index (χ3n) is 5.74. The van der Waals surface area contributed by atoms with Gasteiger partial charge in [0.05, 0.1) is 12.8 Å². The normalized spacial score (nSPS) is 22.2. The van der Waals surface area contributed by atoms with Crippen molar-refractivity contribution in [1.29, 1.82) is 0 Å². The summed E-state index contributed by atoms with van der Waals surface area (Å²) in [6, 6.07) is 15.5. The molecule has 2 aromatic carbocycles. The van der Waals surface area contributed by atoms with Crippen LogP contribution >= 0.6 is 0 Å². The Morgan fingerprint density at radius 1 is 1.23 bits per heavy atom. The van der Waals surface area contributed by atoms with Crippen LogP contribution in [0.15, 0.2) is 64.7 Å². The number of ketones is 1. The lowest BCUT2D eigenvalue weighted by Gasteiger charge is -2.36. The summed E-state index contributed by atoms with van der Waals surface area (Å²) in [7, 11) is 1.64. The summed E-state index contributed by atoms with van der Waals surface area (Å²) in [6.07, 6.45) is 2.65. The molecule has 3 N–H and O–H groups in total. The maximum Gasteiger partial charge on any atom is 0.365 e. The maximum atomic E-state index is 13.2. The van der Waals surface area contributed by atoms with E-state index in [0.29, 0.717) is 24.0 Å². The molecular weight excluding hydrogens is 392 g/mol.